The number of benzene rings is 1. The molecule has 0 fully saturated rings. The van der Waals surface area contributed by atoms with Crippen molar-refractivity contribution in [1.29, 1.82) is 0 Å². The Labute approximate surface area is 109 Å². The minimum atomic E-state index is 0.372. The molecule has 2 nitrogen and oxygen atoms in total. The van der Waals surface area contributed by atoms with Gasteiger partial charge in [-0.2, -0.15) is 11.8 Å². The van der Waals surface area contributed by atoms with Gasteiger partial charge in [-0.1, -0.05) is 6.07 Å². The van der Waals surface area contributed by atoms with Gasteiger partial charge in [0.25, 0.3) is 0 Å². The molecule has 0 aliphatic heterocycles. The van der Waals surface area contributed by atoms with Crippen LogP contribution >= 0.6 is 11.8 Å². The van der Waals surface area contributed by atoms with Gasteiger partial charge in [0, 0.05) is 11.6 Å². The zero-order chi connectivity index (χ0) is 12.8. The minimum absolute atomic E-state index is 0.372. The van der Waals surface area contributed by atoms with Crippen molar-refractivity contribution in [3.8, 4) is 5.75 Å². The summed E-state index contributed by atoms with van der Waals surface area (Å²) in [7, 11) is 3.76. The second-order valence-electron chi connectivity index (χ2n) is 4.30. The molecule has 0 aliphatic carbocycles. The van der Waals surface area contributed by atoms with E-state index >= 15 is 0 Å². The van der Waals surface area contributed by atoms with Gasteiger partial charge >= 0.3 is 0 Å². The smallest absolute Gasteiger partial charge is 0.123 e. The van der Waals surface area contributed by atoms with Crippen molar-refractivity contribution >= 4 is 11.8 Å². The Balaban J connectivity index is 3.04. The highest BCUT2D eigenvalue weighted by Gasteiger charge is 2.15. The summed E-state index contributed by atoms with van der Waals surface area (Å²) >= 11 is 1.88. The molecule has 0 saturated heterocycles. The van der Waals surface area contributed by atoms with E-state index in [1.54, 1.807) is 7.11 Å². The molecule has 0 heterocycles. The van der Waals surface area contributed by atoms with Gasteiger partial charge in [-0.3, -0.25) is 0 Å². The van der Waals surface area contributed by atoms with Crippen molar-refractivity contribution in [2.24, 2.45) is 0 Å². The lowest BCUT2D eigenvalue weighted by Crippen LogP contribution is -2.18. The maximum atomic E-state index is 5.50. The average Bonchev–Trinajstić information content (AvgIpc) is 2.34. The monoisotopic (exact) mass is 253 g/mol. The quantitative estimate of drug-likeness (QED) is 0.840. The lowest BCUT2D eigenvalue weighted by molar-refractivity contribution is 0.400. The van der Waals surface area contributed by atoms with Crippen LogP contribution in [0, 0.1) is 13.8 Å². The third-order valence-electron chi connectivity index (χ3n) is 3.18. The van der Waals surface area contributed by atoms with Crippen molar-refractivity contribution in [3.63, 3.8) is 0 Å². The number of aryl methyl sites for hydroxylation is 2. The predicted molar refractivity (Wildman–Crippen MR) is 77.3 cm³/mol. The maximum Gasteiger partial charge on any atom is 0.123 e. The number of methoxy groups -OCH3 is 1. The molecular formula is C14H23NOS. The summed E-state index contributed by atoms with van der Waals surface area (Å²) in [4.78, 5) is 0. The fourth-order valence-corrected chi connectivity index (χ4v) is 2.42. The van der Waals surface area contributed by atoms with Crippen LogP contribution in [-0.2, 0) is 0 Å². The van der Waals surface area contributed by atoms with E-state index in [0.29, 0.717) is 6.04 Å². The second kappa shape index (κ2) is 6.92. The van der Waals surface area contributed by atoms with Crippen LogP contribution in [-0.4, -0.2) is 26.2 Å². The lowest BCUT2D eigenvalue weighted by atomic mass is 9.98. The van der Waals surface area contributed by atoms with Gasteiger partial charge in [0.15, 0.2) is 0 Å². The topological polar surface area (TPSA) is 21.3 Å². The van der Waals surface area contributed by atoms with Crippen LogP contribution in [0.5, 0.6) is 5.75 Å². The SMILES string of the molecule is CNC(CCSC)c1cc(C)c(C)cc1OC. The first-order valence-electron chi connectivity index (χ1n) is 5.95. The first-order chi connectivity index (χ1) is 8.13. The van der Waals surface area contributed by atoms with Gasteiger partial charge in [-0.15, -0.1) is 0 Å². The summed E-state index contributed by atoms with van der Waals surface area (Å²) in [6, 6.07) is 4.75. The summed E-state index contributed by atoms with van der Waals surface area (Å²) in [5.41, 5.74) is 3.88. The summed E-state index contributed by atoms with van der Waals surface area (Å²) in [5, 5.41) is 3.38. The minimum Gasteiger partial charge on any atom is -0.496 e. The standard InChI is InChI=1S/C14H23NOS/c1-10-8-12(13(15-3)6-7-17-5)14(16-4)9-11(10)2/h8-9,13,15H,6-7H2,1-5H3. The summed E-state index contributed by atoms with van der Waals surface area (Å²) in [5.74, 6) is 2.15. The maximum absolute atomic E-state index is 5.50. The highest BCUT2D eigenvalue weighted by Crippen LogP contribution is 2.30. The van der Waals surface area contributed by atoms with E-state index in [2.05, 4.69) is 37.6 Å². The summed E-state index contributed by atoms with van der Waals surface area (Å²) in [6.45, 7) is 4.28. The molecular weight excluding hydrogens is 230 g/mol. The molecule has 0 bridgehead atoms. The summed E-state index contributed by atoms with van der Waals surface area (Å²) in [6.07, 6.45) is 3.26. The Kier molecular flexibility index (Phi) is 5.86. The van der Waals surface area contributed by atoms with Gasteiger partial charge in [0.05, 0.1) is 7.11 Å². The number of thioether (sulfide) groups is 1. The van der Waals surface area contributed by atoms with Gasteiger partial charge in [-0.05, 0) is 56.5 Å². The van der Waals surface area contributed by atoms with Crippen LogP contribution in [0.3, 0.4) is 0 Å². The molecule has 0 amide bonds. The third kappa shape index (κ3) is 3.65. The van der Waals surface area contributed by atoms with Crippen molar-refractivity contribution in [2.75, 3.05) is 26.2 Å². The Bertz CT molecular complexity index is 365. The normalized spacial score (nSPS) is 12.5. The number of hydrogen-bond donors (Lipinski definition) is 1. The Morgan fingerprint density at radius 1 is 1.29 bits per heavy atom. The molecule has 0 radical (unpaired) electrons. The number of nitrogens with one attached hydrogen (secondary N) is 1. The van der Waals surface area contributed by atoms with Gasteiger partial charge in [0.2, 0.25) is 0 Å². The van der Waals surface area contributed by atoms with Crippen LogP contribution in [0.25, 0.3) is 0 Å². The number of ether oxygens (including phenoxy) is 1. The molecule has 1 rings (SSSR count). The largest absolute Gasteiger partial charge is 0.496 e. The van der Waals surface area contributed by atoms with E-state index in [4.69, 9.17) is 4.74 Å². The molecule has 0 aromatic heterocycles. The molecule has 1 N–H and O–H groups in total. The van der Waals surface area contributed by atoms with Gasteiger partial charge in [-0.25, -0.2) is 0 Å². The fourth-order valence-electron chi connectivity index (χ4n) is 1.95. The van der Waals surface area contributed by atoms with Crippen LogP contribution in [0.4, 0.5) is 0 Å². The van der Waals surface area contributed by atoms with E-state index in [-0.39, 0.29) is 0 Å². The Morgan fingerprint density at radius 3 is 2.47 bits per heavy atom. The van der Waals surface area contributed by atoms with Crippen molar-refractivity contribution in [2.45, 2.75) is 26.3 Å². The molecule has 0 aliphatic rings. The Morgan fingerprint density at radius 2 is 1.94 bits per heavy atom. The van der Waals surface area contributed by atoms with Crippen molar-refractivity contribution in [1.82, 2.24) is 5.32 Å². The lowest BCUT2D eigenvalue weighted by Gasteiger charge is -2.20. The number of hydrogen-bond acceptors (Lipinski definition) is 3. The predicted octanol–water partition coefficient (Wildman–Crippen LogP) is 3.33. The fraction of sp³-hybridized carbons (Fsp3) is 0.571. The van der Waals surface area contributed by atoms with E-state index < -0.39 is 0 Å². The van der Waals surface area contributed by atoms with Crippen LogP contribution in [0.15, 0.2) is 12.1 Å². The second-order valence-corrected chi connectivity index (χ2v) is 5.29. The van der Waals surface area contributed by atoms with Crippen molar-refractivity contribution < 1.29 is 4.74 Å². The molecule has 1 aromatic carbocycles. The summed E-state index contributed by atoms with van der Waals surface area (Å²) < 4.78 is 5.50. The van der Waals surface area contributed by atoms with E-state index in [0.717, 1.165) is 17.9 Å². The molecule has 1 unspecified atom stereocenters. The molecule has 0 saturated carbocycles. The van der Waals surface area contributed by atoms with Crippen LogP contribution in [0.1, 0.15) is 29.2 Å². The third-order valence-corrected chi connectivity index (χ3v) is 3.82. The molecule has 1 aromatic rings. The molecule has 0 spiro atoms. The van der Waals surface area contributed by atoms with Crippen LogP contribution < -0.4 is 10.1 Å². The molecule has 3 heteroatoms. The first kappa shape index (κ1) is 14.4. The Hall–Kier alpha value is -0.670. The van der Waals surface area contributed by atoms with Gasteiger partial charge < -0.3 is 10.1 Å². The van der Waals surface area contributed by atoms with E-state index in [1.807, 2.05) is 18.8 Å². The van der Waals surface area contributed by atoms with Gasteiger partial charge in [0.1, 0.15) is 5.75 Å². The average molecular weight is 253 g/mol. The highest BCUT2D eigenvalue weighted by molar-refractivity contribution is 7.98. The molecule has 1 atom stereocenters. The zero-order valence-corrected chi connectivity index (χ0v) is 12.3. The van der Waals surface area contributed by atoms with Crippen LogP contribution in [0.2, 0.25) is 0 Å². The molecule has 96 valence electrons. The highest BCUT2D eigenvalue weighted by atomic mass is 32.2. The first-order valence-corrected chi connectivity index (χ1v) is 7.34. The van der Waals surface area contributed by atoms with E-state index in [1.165, 1.54) is 16.7 Å². The van der Waals surface area contributed by atoms with Crippen molar-refractivity contribution in [3.05, 3.63) is 28.8 Å². The molecule has 17 heavy (non-hydrogen) atoms. The zero-order valence-electron chi connectivity index (χ0n) is 11.5. The van der Waals surface area contributed by atoms with E-state index in [9.17, 15) is 0 Å². The number of rotatable bonds is 6.